The molecule has 0 radical (unpaired) electrons. The molecule has 1 aliphatic rings. The van der Waals surface area contributed by atoms with Crippen LogP contribution in [0.5, 0.6) is 0 Å². The van der Waals surface area contributed by atoms with Crippen molar-refractivity contribution in [2.24, 2.45) is 11.7 Å². The van der Waals surface area contributed by atoms with E-state index in [0.717, 1.165) is 19.6 Å². The van der Waals surface area contributed by atoms with E-state index >= 15 is 0 Å². The van der Waals surface area contributed by atoms with E-state index in [9.17, 15) is 0 Å². The maximum Gasteiger partial charge on any atom is 0.0509 e. The highest BCUT2D eigenvalue weighted by molar-refractivity contribution is 4.89. The summed E-state index contributed by atoms with van der Waals surface area (Å²) in [7, 11) is 0. The normalized spacial score (nSPS) is 32.7. The molecule has 0 bridgehead atoms. The average molecular weight is 129 g/mol. The van der Waals surface area contributed by atoms with Gasteiger partial charge in [0, 0.05) is 12.6 Å². The molecule has 1 fully saturated rings. The minimum atomic E-state index is 0.446. The Morgan fingerprint density at radius 1 is 1.67 bits per heavy atom. The van der Waals surface area contributed by atoms with E-state index in [2.05, 4.69) is 6.92 Å². The third kappa shape index (κ3) is 2.33. The first kappa shape index (κ1) is 7.03. The Bertz CT molecular complexity index is 85.0. The molecule has 2 atom stereocenters. The van der Waals surface area contributed by atoms with Gasteiger partial charge in [-0.25, -0.2) is 0 Å². The molecule has 0 aromatic heterocycles. The molecule has 1 aliphatic carbocycles. The zero-order valence-corrected chi connectivity index (χ0v) is 5.97. The minimum Gasteiger partial charge on any atom is -0.381 e. The molecule has 2 heteroatoms. The predicted octanol–water partition coefficient (Wildman–Crippen LogP) is 0.760. The van der Waals surface area contributed by atoms with Crippen molar-refractivity contribution in [1.29, 1.82) is 0 Å². The van der Waals surface area contributed by atoms with Crippen molar-refractivity contribution in [3.8, 4) is 0 Å². The number of rotatable bonds is 4. The van der Waals surface area contributed by atoms with Gasteiger partial charge in [0.05, 0.1) is 6.61 Å². The van der Waals surface area contributed by atoms with Gasteiger partial charge in [-0.1, -0.05) is 6.92 Å². The largest absolute Gasteiger partial charge is 0.381 e. The Labute approximate surface area is 56.4 Å². The molecule has 0 spiro atoms. The van der Waals surface area contributed by atoms with Gasteiger partial charge in [0.1, 0.15) is 0 Å². The first-order valence-electron chi connectivity index (χ1n) is 3.68. The van der Waals surface area contributed by atoms with Crippen LogP contribution in [0.4, 0.5) is 0 Å². The van der Waals surface area contributed by atoms with Gasteiger partial charge in [-0.05, 0) is 18.8 Å². The maximum absolute atomic E-state index is 5.57. The molecule has 2 nitrogen and oxygen atoms in total. The lowest BCUT2D eigenvalue weighted by atomic mass is 10.4. The molecular formula is C7H15NO. The second-order valence-corrected chi connectivity index (χ2v) is 2.73. The highest BCUT2D eigenvalue weighted by Crippen LogP contribution is 2.27. The first-order valence-corrected chi connectivity index (χ1v) is 3.68. The summed E-state index contributed by atoms with van der Waals surface area (Å²) in [6, 6.07) is 0.446. The summed E-state index contributed by atoms with van der Waals surface area (Å²) in [4.78, 5) is 0. The molecule has 0 heterocycles. The predicted molar refractivity (Wildman–Crippen MR) is 37.2 cm³/mol. The van der Waals surface area contributed by atoms with Crippen molar-refractivity contribution >= 4 is 0 Å². The molecule has 54 valence electrons. The van der Waals surface area contributed by atoms with Crippen LogP contribution in [0.2, 0.25) is 0 Å². The van der Waals surface area contributed by atoms with Crippen LogP contribution in [0.25, 0.3) is 0 Å². The average Bonchev–Trinajstić information content (AvgIpc) is 2.48. The molecule has 1 rings (SSSR count). The van der Waals surface area contributed by atoms with Gasteiger partial charge < -0.3 is 10.5 Å². The van der Waals surface area contributed by atoms with Crippen molar-refractivity contribution in [2.45, 2.75) is 25.8 Å². The topological polar surface area (TPSA) is 35.2 Å². The molecule has 2 unspecified atom stereocenters. The number of hydrogen-bond acceptors (Lipinski definition) is 2. The third-order valence-electron chi connectivity index (χ3n) is 1.66. The van der Waals surface area contributed by atoms with Crippen molar-refractivity contribution in [1.82, 2.24) is 0 Å². The zero-order chi connectivity index (χ0) is 6.69. The summed E-state index contributed by atoms with van der Waals surface area (Å²) < 4.78 is 5.30. The maximum atomic E-state index is 5.57. The standard InChI is InChI=1S/C7H15NO/c1-2-3-9-5-6-4-7(6)8/h6-7H,2-5,8H2,1H3. The van der Waals surface area contributed by atoms with E-state index in [4.69, 9.17) is 10.5 Å². The molecule has 2 N–H and O–H groups in total. The first-order chi connectivity index (χ1) is 4.34. The van der Waals surface area contributed by atoms with E-state index in [1.165, 1.54) is 6.42 Å². The Balaban J connectivity index is 1.83. The Kier molecular flexibility index (Phi) is 2.49. The van der Waals surface area contributed by atoms with Gasteiger partial charge >= 0.3 is 0 Å². The minimum absolute atomic E-state index is 0.446. The smallest absolute Gasteiger partial charge is 0.0509 e. The van der Waals surface area contributed by atoms with Crippen LogP contribution in [0, 0.1) is 5.92 Å². The van der Waals surface area contributed by atoms with E-state index in [0.29, 0.717) is 12.0 Å². The van der Waals surface area contributed by atoms with Gasteiger partial charge in [-0.3, -0.25) is 0 Å². The van der Waals surface area contributed by atoms with Crippen LogP contribution in [0.15, 0.2) is 0 Å². The molecule has 0 amide bonds. The van der Waals surface area contributed by atoms with Crippen LogP contribution in [-0.4, -0.2) is 19.3 Å². The van der Waals surface area contributed by atoms with Crippen LogP contribution in [0.3, 0.4) is 0 Å². The van der Waals surface area contributed by atoms with Gasteiger partial charge in [-0.2, -0.15) is 0 Å². The quantitative estimate of drug-likeness (QED) is 0.569. The van der Waals surface area contributed by atoms with Crippen LogP contribution >= 0.6 is 0 Å². The second kappa shape index (κ2) is 3.18. The Hall–Kier alpha value is -0.0800. The molecule has 0 aromatic rings. The third-order valence-corrected chi connectivity index (χ3v) is 1.66. The van der Waals surface area contributed by atoms with E-state index in [-0.39, 0.29) is 0 Å². The van der Waals surface area contributed by atoms with Crippen LogP contribution in [-0.2, 0) is 4.74 Å². The zero-order valence-electron chi connectivity index (χ0n) is 5.97. The van der Waals surface area contributed by atoms with Crippen molar-refractivity contribution in [3.05, 3.63) is 0 Å². The second-order valence-electron chi connectivity index (χ2n) is 2.73. The molecule has 9 heavy (non-hydrogen) atoms. The molecular weight excluding hydrogens is 114 g/mol. The molecule has 0 aliphatic heterocycles. The van der Waals surface area contributed by atoms with Crippen molar-refractivity contribution in [3.63, 3.8) is 0 Å². The van der Waals surface area contributed by atoms with Gasteiger partial charge in [0.15, 0.2) is 0 Å². The fraction of sp³-hybridized carbons (Fsp3) is 1.00. The molecule has 0 aromatic carbocycles. The summed E-state index contributed by atoms with van der Waals surface area (Å²) in [5.41, 5.74) is 5.57. The summed E-state index contributed by atoms with van der Waals surface area (Å²) in [6.45, 7) is 3.89. The SMILES string of the molecule is CCCOCC1CC1N. The monoisotopic (exact) mass is 129 g/mol. The lowest BCUT2D eigenvalue weighted by molar-refractivity contribution is 0.124. The van der Waals surface area contributed by atoms with Crippen LogP contribution in [0.1, 0.15) is 19.8 Å². The van der Waals surface area contributed by atoms with Crippen molar-refractivity contribution < 1.29 is 4.74 Å². The Morgan fingerprint density at radius 2 is 2.33 bits per heavy atom. The lowest BCUT2D eigenvalue weighted by Gasteiger charge is -1.98. The number of nitrogens with two attached hydrogens (primary N) is 1. The molecule has 1 saturated carbocycles. The van der Waals surface area contributed by atoms with Crippen molar-refractivity contribution in [2.75, 3.05) is 13.2 Å². The van der Waals surface area contributed by atoms with Gasteiger partial charge in [0.2, 0.25) is 0 Å². The van der Waals surface area contributed by atoms with E-state index in [1.807, 2.05) is 0 Å². The summed E-state index contributed by atoms with van der Waals surface area (Å²) >= 11 is 0. The van der Waals surface area contributed by atoms with E-state index < -0.39 is 0 Å². The summed E-state index contributed by atoms with van der Waals surface area (Å²) in [6.07, 6.45) is 2.28. The molecule has 0 saturated heterocycles. The summed E-state index contributed by atoms with van der Waals surface area (Å²) in [5, 5.41) is 0. The lowest BCUT2D eigenvalue weighted by Crippen LogP contribution is -2.07. The highest BCUT2D eigenvalue weighted by Gasteiger charge is 2.32. The fourth-order valence-corrected chi connectivity index (χ4v) is 0.842. The highest BCUT2D eigenvalue weighted by atomic mass is 16.5. The van der Waals surface area contributed by atoms with Gasteiger partial charge in [-0.15, -0.1) is 0 Å². The van der Waals surface area contributed by atoms with E-state index in [1.54, 1.807) is 0 Å². The van der Waals surface area contributed by atoms with Crippen LogP contribution < -0.4 is 5.73 Å². The number of hydrogen-bond donors (Lipinski definition) is 1. The van der Waals surface area contributed by atoms with Gasteiger partial charge in [0.25, 0.3) is 0 Å². The summed E-state index contributed by atoms with van der Waals surface area (Å²) in [5.74, 6) is 0.677. The Morgan fingerprint density at radius 3 is 2.78 bits per heavy atom. The fourth-order valence-electron chi connectivity index (χ4n) is 0.842. The number of ether oxygens (including phenoxy) is 1.